The van der Waals surface area contributed by atoms with Crippen LogP contribution in [0.5, 0.6) is 0 Å². The Morgan fingerprint density at radius 1 is 1.08 bits per heavy atom. The van der Waals surface area contributed by atoms with E-state index in [4.69, 9.17) is 4.74 Å². The van der Waals surface area contributed by atoms with Gasteiger partial charge in [0.2, 0.25) is 0 Å². The lowest BCUT2D eigenvalue weighted by molar-refractivity contribution is -0.307. The Bertz CT molecular complexity index is 627. The van der Waals surface area contributed by atoms with Crippen molar-refractivity contribution in [1.82, 2.24) is 0 Å². The van der Waals surface area contributed by atoms with E-state index < -0.39 is 5.60 Å². The molecule has 2 saturated heterocycles. The highest BCUT2D eigenvalue weighted by Gasteiger charge is 2.74. The van der Waals surface area contributed by atoms with Gasteiger partial charge in [0.25, 0.3) is 0 Å². The number of hydrogen-bond donors (Lipinski definition) is 0. The zero-order chi connectivity index (χ0) is 16.9. The summed E-state index contributed by atoms with van der Waals surface area (Å²) in [4.78, 5) is 25.9. The van der Waals surface area contributed by atoms with Crippen molar-refractivity contribution in [3.63, 3.8) is 0 Å². The molecule has 4 aliphatic carbocycles. The number of rotatable bonds is 1. The van der Waals surface area contributed by atoms with Crippen molar-refractivity contribution in [3.05, 3.63) is 0 Å². The second kappa shape index (κ2) is 4.52. The minimum atomic E-state index is -0.521. The quantitative estimate of drug-likeness (QED) is 0.731. The third-order valence-corrected chi connectivity index (χ3v) is 9.32. The predicted octanol–water partition coefficient (Wildman–Crippen LogP) is 3.93. The lowest BCUT2D eigenvalue weighted by Crippen LogP contribution is -2.75. The van der Waals surface area contributed by atoms with Crippen molar-refractivity contribution in [2.45, 2.75) is 83.8 Å². The number of ether oxygens (including phenoxy) is 1. The molecule has 0 aromatic heterocycles. The fraction of sp³-hybridized carbons (Fsp3) is 0.905. The molecule has 0 N–H and O–H groups in total. The van der Waals surface area contributed by atoms with Crippen molar-refractivity contribution in [3.8, 4) is 0 Å². The molecule has 0 aromatic carbocycles. The Kier molecular flexibility index (Phi) is 2.93. The van der Waals surface area contributed by atoms with Gasteiger partial charge in [-0.15, -0.1) is 0 Å². The van der Waals surface area contributed by atoms with Gasteiger partial charge in [0.05, 0.1) is 6.10 Å². The lowest BCUT2D eigenvalue weighted by Gasteiger charge is -2.70. The molecule has 2 aliphatic heterocycles. The highest BCUT2D eigenvalue weighted by atomic mass is 16.5. The first-order valence-electron chi connectivity index (χ1n) is 10.0. The molecule has 2 heterocycles. The fourth-order valence-electron chi connectivity index (χ4n) is 8.28. The normalized spacial score (nSPS) is 58.3. The molecule has 6 aliphatic rings. The molecule has 6 rings (SSSR count). The van der Waals surface area contributed by atoms with E-state index in [2.05, 4.69) is 13.8 Å². The summed E-state index contributed by atoms with van der Waals surface area (Å²) in [6.07, 6.45) is 8.78. The van der Waals surface area contributed by atoms with Crippen LogP contribution in [0, 0.1) is 34.5 Å². The van der Waals surface area contributed by atoms with E-state index in [1.807, 2.05) is 0 Å². The molecular formula is C21H30O3. The van der Waals surface area contributed by atoms with E-state index in [1.54, 1.807) is 6.92 Å². The number of hydrogen-bond acceptors (Lipinski definition) is 3. The first kappa shape index (κ1) is 15.5. The van der Waals surface area contributed by atoms with Gasteiger partial charge >= 0.3 is 0 Å². The topological polar surface area (TPSA) is 43.4 Å². The first-order valence-corrected chi connectivity index (χ1v) is 10.0. The molecule has 3 heteroatoms. The molecule has 4 saturated carbocycles. The Balaban J connectivity index is 1.63. The van der Waals surface area contributed by atoms with Gasteiger partial charge in [-0.3, -0.25) is 9.59 Å². The second-order valence-electron chi connectivity index (χ2n) is 10.0. The Labute approximate surface area is 144 Å². The highest BCUT2D eigenvalue weighted by molar-refractivity contribution is 5.92. The number of carbonyl (C=O) groups excluding carboxylic acids is 2. The SMILES string of the molecule is CC(=O)[C@H]1CC[C@H]2[C@@H]3CCC4CC5CC[C@]4(C)[C@@]3(O5)C(=O)C[C@]12C. The minimum absolute atomic E-state index is 0.0391. The van der Waals surface area contributed by atoms with Gasteiger partial charge < -0.3 is 4.74 Å². The smallest absolute Gasteiger partial charge is 0.166 e. The van der Waals surface area contributed by atoms with Gasteiger partial charge in [-0.2, -0.15) is 0 Å². The fourth-order valence-corrected chi connectivity index (χ4v) is 8.28. The van der Waals surface area contributed by atoms with Crippen LogP contribution in [0.15, 0.2) is 0 Å². The summed E-state index contributed by atoms with van der Waals surface area (Å²) in [5.41, 5.74) is -0.605. The summed E-state index contributed by atoms with van der Waals surface area (Å²) in [7, 11) is 0. The maximum atomic E-state index is 13.6. The maximum Gasteiger partial charge on any atom is 0.166 e. The third kappa shape index (κ3) is 1.51. The van der Waals surface area contributed by atoms with Crippen LogP contribution in [-0.2, 0) is 14.3 Å². The van der Waals surface area contributed by atoms with Crippen LogP contribution in [0.4, 0.5) is 0 Å². The Morgan fingerprint density at radius 3 is 2.58 bits per heavy atom. The van der Waals surface area contributed by atoms with E-state index in [0.717, 1.165) is 38.5 Å². The minimum Gasteiger partial charge on any atom is -0.363 e. The summed E-state index contributed by atoms with van der Waals surface area (Å²) in [6.45, 7) is 6.32. The van der Waals surface area contributed by atoms with Crippen molar-refractivity contribution in [2.75, 3.05) is 0 Å². The van der Waals surface area contributed by atoms with Gasteiger partial charge in [-0.25, -0.2) is 0 Å². The number of ketones is 2. The van der Waals surface area contributed by atoms with E-state index in [9.17, 15) is 9.59 Å². The van der Waals surface area contributed by atoms with Crippen molar-refractivity contribution in [1.29, 1.82) is 0 Å². The summed E-state index contributed by atoms with van der Waals surface area (Å²) < 4.78 is 6.68. The van der Waals surface area contributed by atoms with Crippen LogP contribution >= 0.6 is 0 Å². The second-order valence-corrected chi connectivity index (χ2v) is 10.0. The molecule has 4 bridgehead atoms. The number of Topliss-reactive ketones (excluding diaryl/α,β-unsaturated/α-hetero) is 2. The predicted molar refractivity (Wildman–Crippen MR) is 90.4 cm³/mol. The van der Waals surface area contributed by atoms with Crippen LogP contribution in [0.1, 0.15) is 72.1 Å². The maximum absolute atomic E-state index is 13.6. The van der Waals surface area contributed by atoms with Crippen molar-refractivity contribution < 1.29 is 14.3 Å². The zero-order valence-electron chi connectivity index (χ0n) is 15.3. The summed E-state index contributed by atoms with van der Waals surface area (Å²) in [6, 6.07) is 0. The average Bonchev–Trinajstić information content (AvgIpc) is 2.84. The van der Waals surface area contributed by atoms with Crippen LogP contribution in [0.3, 0.4) is 0 Å². The molecule has 6 fully saturated rings. The molecule has 0 amide bonds. The van der Waals surface area contributed by atoms with Gasteiger partial charge in [0.1, 0.15) is 11.4 Å². The first-order chi connectivity index (χ1) is 11.3. The van der Waals surface area contributed by atoms with Gasteiger partial charge in [0, 0.05) is 17.8 Å². The largest absolute Gasteiger partial charge is 0.363 e. The van der Waals surface area contributed by atoms with Crippen molar-refractivity contribution in [2.24, 2.45) is 34.5 Å². The Hall–Kier alpha value is -0.700. The zero-order valence-corrected chi connectivity index (χ0v) is 15.3. The number of fused-ring (bicyclic) bond motifs is 3. The molecule has 3 nitrogen and oxygen atoms in total. The van der Waals surface area contributed by atoms with Gasteiger partial charge in [0.15, 0.2) is 5.78 Å². The van der Waals surface area contributed by atoms with E-state index >= 15 is 0 Å². The molecule has 0 aromatic rings. The van der Waals surface area contributed by atoms with Crippen LogP contribution in [0.25, 0.3) is 0 Å². The van der Waals surface area contributed by atoms with E-state index in [0.29, 0.717) is 36.1 Å². The molecule has 0 radical (unpaired) electrons. The average molecular weight is 330 g/mol. The van der Waals surface area contributed by atoms with Crippen molar-refractivity contribution >= 4 is 11.6 Å². The third-order valence-electron chi connectivity index (χ3n) is 9.32. The highest BCUT2D eigenvalue weighted by Crippen LogP contribution is 2.71. The monoisotopic (exact) mass is 330 g/mol. The standard InChI is InChI=1S/C21H30O3/c1-12(22)15-6-7-16-17-5-4-13-10-14-8-9-20(13,3)21(17,24-14)18(23)11-19(15,16)2/h13-17H,4-11H2,1-3H3/t13?,14?,15-,16+,17+,19-,20+,21+/m1/s1. The van der Waals surface area contributed by atoms with E-state index in [1.165, 1.54) is 6.42 Å². The molecule has 1 spiro atoms. The van der Waals surface area contributed by atoms with Crippen LogP contribution in [-0.4, -0.2) is 23.3 Å². The lowest BCUT2D eigenvalue weighted by atomic mass is 9.40. The molecule has 2 unspecified atom stereocenters. The molecule has 8 atom stereocenters. The van der Waals surface area contributed by atoms with Gasteiger partial charge in [-0.1, -0.05) is 13.8 Å². The molecule has 132 valence electrons. The summed E-state index contributed by atoms with van der Waals surface area (Å²) in [5, 5.41) is 0. The number of carbonyl (C=O) groups is 2. The summed E-state index contributed by atoms with van der Waals surface area (Å²) in [5.74, 6) is 2.21. The molecular weight excluding hydrogens is 300 g/mol. The summed E-state index contributed by atoms with van der Waals surface area (Å²) >= 11 is 0. The van der Waals surface area contributed by atoms with Crippen LogP contribution < -0.4 is 0 Å². The van der Waals surface area contributed by atoms with E-state index in [-0.39, 0.29) is 22.5 Å². The Morgan fingerprint density at radius 2 is 1.83 bits per heavy atom. The van der Waals surface area contributed by atoms with Crippen LogP contribution in [0.2, 0.25) is 0 Å². The molecule has 24 heavy (non-hydrogen) atoms. The van der Waals surface area contributed by atoms with Gasteiger partial charge in [-0.05, 0) is 75.0 Å².